The maximum atomic E-state index is 8.71. The molecular formula is C12H14N4. The van der Waals surface area contributed by atoms with E-state index < -0.39 is 0 Å². The van der Waals surface area contributed by atoms with Gasteiger partial charge in [0.15, 0.2) is 0 Å². The predicted molar refractivity (Wildman–Crippen MR) is 60.8 cm³/mol. The number of nitriles is 1. The second-order valence-electron chi connectivity index (χ2n) is 4.87. The van der Waals surface area contributed by atoms with Crippen molar-refractivity contribution in [1.82, 2.24) is 4.98 Å². The number of nitrogens with two attached hydrogens (primary N) is 1. The van der Waals surface area contributed by atoms with Gasteiger partial charge >= 0.3 is 0 Å². The molecule has 82 valence electrons. The SMILES string of the molecule is N#Cc1ccc(N2C[C@H](N)C3(CC3)C2)nc1. The first kappa shape index (κ1) is 9.61. The molecule has 4 nitrogen and oxygen atoms in total. The summed E-state index contributed by atoms with van der Waals surface area (Å²) in [6.45, 7) is 1.91. The van der Waals surface area contributed by atoms with Gasteiger partial charge in [0.2, 0.25) is 0 Å². The Morgan fingerprint density at radius 3 is 2.81 bits per heavy atom. The second kappa shape index (κ2) is 3.19. The summed E-state index contributed by atoms with van der Waals surface area (Å²) < 4.78 is 0. The quantitative estimate of drug-likeness (QED) is 0.753. The summed E-state index contributed by atoms with van der Waals surface area (Å²) in [5, 5.41) is 8.71. The number of hydrogen-bond acceptors (Lipinski definition) is 4. The number of anilines is 1. The van der Waals surface area contributed by atoms with Crippen molar-refractivity contribution in [3.63, 3.8) is 0 Å². The highest BCUT2D eigenvalue weighted by Crippen LogP contribution is 2.52. The summed E-state index contributed by atoms with van der Waals surface area (Å²) in [5.74, 6) is 0.943. The Morgan fingerprint density at radius 2 is 2.31 bits per heavy atom. The fourth-order valence-corrected chi connectivity index (χ4v) is 2.50. The molecule has 1 spiro atoms. The first-order chi connectivity index (χ1) is 7.73. The number of pyridine rings is 1. The maximum absolute atomic E-state index is 8.71. The Morgan fingerprint density at radius 1 is 1.50 bits per heavy atom. The molecule has 1 aliphatic heterocycles. The standard InChI is InChI=1S/C12H14N4/c13-5-9-1-2-11(15-6-9)16-7-10(14)12(8-16)3-4-12/h1-2,6,10H,3-4,7-8,14H2/t10-/m0/s1. The van der Waals surface area contributed by atoms with Crippen LogP contribution < -0.4 is 10.6 Å². The number of hydrogen-bond donors (Lipinski definition) is 1. The van der Waals surface area contributed by atoms with Crippen LogP contribution in [0.1, 0.15) is 18.4 Å². The minimum atomic E-state index is 0.282. The molecule has 2 heterocycles. The molecule has 2 aliphatic rings. The first-order valence-electron chi connectivity index (χ1n) is 5.60. The molecule has 0 amide bonds. The van der Waals surface area contributed by atoms with Crippen molar-refractivity contribution in [3.8, 4) is 6.07 Å². The molecule has 1 saturated heterocycles. The Balaban J connectivity index is 1.81. The molecule has 1 aliphatic carbocycles. The largest absolute Gasteiger partial charge is 0.354 e. The molecule has 0 radical (unpaired) electrons. The van der Waals surface area contributed by atoms with Crippen molar-refractivity contribution in [3.05, 3.63) is 23.9 Å². The van der Waals surface area contributed by atoms with Gasteiger partial charge in [-0.15, -0.1) is 0 Å². The molecular weight excluding hydrogens is 200 g/mol. The van der Waals surface area contributed by atoms with Crippen molar-refractivity contribution in [2.75, 3.05) is 18.0 Å². The Bertz CT molecular complexity index is 441. The van der Waals surface area contributed by atoms with Crippen molar-refractivity contribution >= 4 is 5.82 Å². The Labute approximate surface area is 94.7 Å². The van der Waals surface area contributed by atoms with E-state index in [1.54, 1.807) is 6.20 Å². The van der Waals surface area contributed by atoms with Gasteiger partial charge in [-0.2, -0.15) is 5.26 Å². The lowest BCUT2D eigenvalue weighted by Crippen LogP contribution is -2.30. The third kappa shape index (κ3) is 1.36. The van der Waals surface area contributed by atoms with Crippen LogP contribution in [0.3, 0.4) is 0 Å². The van der Waals surface area contributed by atoms with E-state index in [0.29, 0.717) is 11.0 Å². The van der Waals surface area contributed by atoms with Gasteiger partial charge in [-0.05, 0) is 25.0 Å². The summed E-state index contributed by atoms with van der Waals surface area (Å²) in [5.41, 5.74) is 7.11. The van der Waals surface area contributed by atoms with Crippen molar-refractivity contribution in [2.45, 2.75) is 18.9 Å². The molecule has 3 rings (SSSR count). The third-order valence-electron chi connectivity index (χ3n) is 3.80. The van der Waals surface area contributed by atoms with Crippen LogP contribution in [0.15, 0.2) is 18.3 Å². The summed E-state index contributed by atoms with van der Waals surface area (Å²) in [4.78, 5) is 6.54. The topological polar surface area (TPSA) is 65.9 Å². The lowest BCUT2D eigenvalue weighted by atomic mass is 10.0. The molecule has 0 unspecified atom stereocenters. The highest BCUT2D eigenvalue weighted by atomic mass is 15.2. The van der Waals surface area contributed by atoms with Crippen LogP contribution in [0.5, 0.6) is 0 Å². The second-order valence-corrected chi connectivity index (χ2v) is 4.87. The van der Waals surface area contributed by atoms with Crippen LogP contribution in [-0.2, 0) is 0 Å². The minimum absolute atomic E-state index is 0.282. The summed E-state index contributed by atoms with van der Waals surface area (Å²) >= 11 is 0. The van der Waals surface area contributed by atoms with Gasteiger partial charge < -0.3 is 10.6 Å². The number of rotatable bonds is 1. The van der Waals surface area contributed by atoms with Gasteiger partial charge in [-0.3, -0.25) is 0 Å². The molecule has 2 fully saturated rings. The maximum Gasteiger partial charge on any atom is 0.128 e. The van der Waals surface area contributed by atoms with Crippen LogP contribution in [0.4, 0.5) is 5.82 Å². The average Bonchev–Trinajstić information content (AvgIpc) is 3.01. The summed E-state index contributed by atoms with van der Waals surface area (Å²) in [6.07, 6.45) is 4.13. The molecule has 4 heteroatoms. The number of nitrogens with zero attached hydrogens (tertiary/aromatic N) is 3. The van der Waals surface area contributed by atoms with Crippen LogP contribution in [0.25, 0.3) is 0 Å². The Kier molecular flexibility index (Phi) is 1.92. The molecule has 0 bridgehead atoms. The van der Waals surface area contributed by atoms with Crippen LogP contribution >= 0.6 is 0 Å². The zero-order chi connectivity index (χ0) is 11.2. The third-order valence-corrected chi connectivity index (χ3v) is 3.80. The van der Waals surface area contributed by atoms with E-state index in [0.717, 1.165) is 18.9 Å². The van der Waals surface area contributed by atoms with Gasteiger partial charge in [-0.1, -0.05) is 0 Å². The molecule has 1 atom stereocenters. The molecule has 1 aromatic heterocycles. The highest BCUT2D eigenvalue weighted by Gasteiger charge is 2.53. The van der Waals surface area contributed by atoms with E-state index in [4.69, 9.17) is 11.0 Å². The first-order valence-corrected chi connectivity index (χ1v) is 5.60. The van der Waals surface area contributed by atoms with E-state index >= 15 is 0 Å². The van der Waals surface area contributed by atoms with Crippen molar-refractivity contribution < 1.29 is 0 Å². The molecule has 1 saturated carbocycles. The van der Waals surface area contributed by atoms with E-state index in [1.807, 2.05) is 12.1 Å². The Hall–Kier alpha value is -1.60. The van der Waals surface area contributed by atoms with Gasteiger partial charge in [0, 0.05) is 30.7 Å². The van der Waals surface area contributed by atoms with Crippen molar-refractivity contribution in [1.29, 1.82) is 5.26 Å². The average molecular weight is 214 g/mol. The number of aromatic nitrogens is 1. The summed E-state index contributed by atoms with van der Waals surface area (Å²) in [6, 6.07) is 6.08. The molecule has 0 aromatic carbocycles. The van der Waals surface area contributed by atoms with Gasteiger partial charge in [0.25, 0.3) is 0 Å². The smallest absolute Gasteiger partial charge is 0.128 e. The fourth-order valence-electron chi connectivity index (χ4n) is 2.50. The zero-order valence-corrected chi connectivity index (χ0v) is 9.06. The van der Waals surface area contributed by atoms with E-state index in [2.05, 4.69) is 16.0 Å². The monoisotopic (exact) mass is 214 g/mol. The molecule has 16 heavy (non-hydrogen) atoms. The summed E-state index contributed by atoms with van der Waals surface area (Å²) in [7, 11) is 0. The lowest BCUT2D eigenvalue weighted by molar-refractivity contribution is 0.499. The van der Waals surface area contributed by atoms with Crippen LogP contribution in [0, 0.1) is 16.7 Å². The van der Waals surface area contributed by atoms with E-state index in [1.165, 1.54) is 12.8 Å². The molecule has 2 N–H and O–H groups in total. The van der Waals surface area contributed by atoms with Crippen LogP contribution in [-0.4, -0.2) is 24.1 Å². The normalized spacial score (nSPS) is 25.8. The van der Waals surface area contributed by atoms with E-state index in [9.17, 15) is 0 Å². The van der Waals surface area contributed by atoms with Gasteiger partial charge in [-0.25, -0.2) is 4.98 Å². The highest BCUT2D eigenvalue weighted by molar-refractivity contribution is 5.45. The zero-order valence-electron chi connectivity index (χ0n) is 9.06. The van der Waals surface area contributed by atoms with E-state index in [-0.39, 0.29) is 6.04 Å². The fraction of sp³-hybridized carbons (Fsp3) is 0.500. The lowest BCUT2D eigenvalue weighted by Gasteiger charge is -2.16. The predicted octanol–water partition coefficient (Wildman–Crippen LogP) is 0.881. The van der Waals surface area contributed by atoms with Gasteiger partial charge in [0.1, 0.15) is 11.9 Å². The van der Waals surface area contributed by atoms with Gasteiger partial charge in [0.05, 0.1) is 5.56 Å². The van der Waals surface area contributed by atoms with Crippen LogP contribution in [0.2, 0.25) is 0 Å². The van der Waals surface area contributed by atoms with Crippen molar-refractivity contribution in [2.24, 2.45) is 11.1 Å². The molecule has 1 aromatic rings. The minimum Gasteiger partial charge on any atom is -0.354 e.